The average molecular weight is 218 g/mol. The van der Waals surface area contributed by atoms with Gasteiger partial charge >= 0.3 is 5.97 Å². The minimum atomic E-state index is -0.307. The number of fused-ring (bicyclic) bond motifs is 1. The van der Waals surface area contributed by atoms with Crippen LogP contribution in [0.15, 0.2) is 30.4 Å². The lowest BCUT2D eigenvalue weighted by molar-refractivity contribution is 0.0465. The lowest BCUT2D eigenvalue weighted by atomic mass is 10.0. The van der Waals surface area contributed by atoms with Crippen molar-refractivity contribution in [3.63, 3.8) is 0 Å². The number of ether oxygens (including phenoxy) is 2. The molecule has 0 bridgehead atoms. The van der Waals surface area contributed by atoms with E-state index in [2.05, 4.69) is 0 Å². The van der Waals surface area contributed by atoms with Gasteiger partial charge in [-0.1, -0.05) is 19.1 Å². The summed E-state index contributed by atoms with van der Waals surface area (Å²) < 4.78 is 10.5. The van der Waals surface area contributed by atoms with Crippen LogP contribution >= 0.6 is 0 Å². The fourth-order valence-corrected chi connectivity index (χ4v) is 1.83. The predicted octanol–water partition coefficient (Wildman–Crippen LogP) is 2.87. The van der Waals surface area contributed by atoms with E-state index in [0.29, 0.717) is 11.3 Å². The van der Waals surface area contributed by atoms with Gasteiger partial charge in [0.05, 0.1) is 18.2 Å². The number of allylic oxidation sites excluding steroid dienone is 1. The van der Waals surface area contributed by atoms with Crippen molar-refractivity contribution in [2.45, 2.75) is 19.4 Å². The first-order chi connectivity index (χ1) is 7.77. The molecular weight excluding hydrogens is 204 g/mol. The van der Waals surface area contributed by atoms with Crippen molar-refractivity contribution in [2.24, 2.45) is 0 Å². The van der Waals surface area contributed by atoms with Crippen molar-refractivity contribution in [2.75, 3.05) is 7.11 Å². The number of methoxy groups -OCH3 is 1. The number of benzene rings is 1. The summed E-state index contributed by atoms with van der Waals surface area (Å²) in [6.45, 7) is 2.04. The van der Waals surface area contributed by atoms with Crippen molar-refractivity contribution in [3.8, 4) is 5.75 Å². The number of carbonyl (C=O) groups excluding carboxylic acids is 1. The summed E-state index contributed by atoms with van der Waals surface area (Å²) in [6, 6.07) is 5.40. The summed E-state index contributed by atoms with van der Waals surface area (Å²) >= 11 is 0. The molecule has 0 radical (unpaired) electrons. The van der Waals surface area contributed by atoms with E-state index in [1.165, 1.54) is 0 Å². The van der Waals surface area contributed by atoms with Crippen molar-refractivity contribution < 1.29 is 14.3 Å². The molecule has 1 aliphatic heterocycles. The van der Waals surface area contributed by atoms with Gasteiger partial charge in [-0.05, 0) is 24.6 Å². The Labute approximate surface area is 94.7 Å². The molecule has 0 aromatic heterocycles. The first-order valence-electron chi connectivity index (χ1n) is 5.32. The topological polar surface area (TPSA) is 35.5 Å². The summed E-state index contributed by atoms with van der Waals surface area (Å²) in [5, 5.41) is 0. The van der Waals surface area contributed by atoms with Crippen LogP contribution in [0.5, 0.6) is 5.75 Å². The first-order valence-corrected chi connectivity index (χ1v) is 5.32. The minimum absolute atomic E-state index is 0.278. The Morgan fingerprint density at radius 2 is 2.31 bits per heavy atom. The second-order valence-electron chi connectivity index (χ2n) is 3.58. The lowest BCUT2D eigenvalue weighted by Gasteiger charge is -2.09. The third-order valence-corrected chi connectivity index (χ3v) is 2.57. The lowest BCUT2D eigenvalue weighted by Crippen LogP contribution is -1.96. The van der Waals surface area contributed by atoms with Crippen molar-refractivity contribution in [1.29, 1.82) is 0 Å². The molecule has 1 heterocycles. The molecule has 0 saturated heterocycles. The van der Waals surface area contributed by atoms with Crippen LogP contribution in [0.2, 0.25) is 0 Å². The molecule has 3 nitrogen and oxygen atoms in total. The van der Waals surface area contributed by atoms with E-state index >= 15 is 0 Å². The molecule has 3 heteroatoms. The van der Waals surface area contributed by atoms with E-state index in [0.717, 1.165) is 12.0 Å². The van der Waals surface area contributed by atoms with Gasteiger partial charge in [-0.25, -0.2) is 4.79 Å². The standard InChI is InChI=1S/C13H14O3/c1-3-4-7-11-12-9(13(14)16-11)6-5-8-10(12)15-2/h4-8,11H,3H2,1-2H3/b7-4+. The molecule has 0 amide bonds. The number of hydrogen-bond acceptors (Lipinski definition) is 3. The summed E-state index contributed by atoms with van der Waals surface area (Å²) in [7, 11) is 1.60. The van der Waals surface area contributed by atoms with Crippen molar-refractivity contribution >= 4 is 5.97 Å². The van der Waals surface area contributed by atoms with Gasteiger partial charge < -0.3 is 9.47 Å². The van der Waals surface area contributed by atoms with E-state index in [4.69, 9.17) is 9.47 Å². The summed E-state index contributed by atoms with van der Waals surface area (Å²) in [5.41, 5.74) is 1.44. The Bertz CT molecular complexity index is 435. The van der Waals surface area contributed by atoms with Crippen LogP contribution in [0.1, 0.15) is 35.4 Å². The van der Waals surface area contributed by atoms with Gasteiger partial charge in [-0.2, -0.15) is 0 Å². The van der Waals surface area contributed by atoms with Crippen LogP contribution in [-0.2, 0) is 4.74 Å². The van der Waals surface area contributed by atoms with E-state index < -0.39 is 0 Å². The zero-order chi connectivity index (χ0) is 11.5. The monoisotopic (exact) mass is 218 g/mol. The van der Waals surface area contributed by atoms with Crippen LogP contribution in [-0.4, -0.2) is 13.1 Å². The molecule has 0 spiro atoms. The normalized spacial score (nSPS) is 18.6. The van der Waals surface area contributed by atoms with Gasteiger partial charge in [0.25, 0.3) is 0 Å². The van der Waals surface area contributed by atoms with Gasteiger partial charge in [0.2, 0.25) is 0 Å². The van der Waals surface area contributed by atoms with Gasteiger partial charge in [-0.3, -0.25) is 0 Å². The maximum Gasteiger partial charge on any atom is 0.339 e. The van der Waals surface area contributed by atoms with Crippen LogP contribution in [0, 0.1) is 0 Å². The molecule has 0 N–H and O–H groups in total. The summed E-state index contributed by atoms with van der Waals surface area (Å²) in [4.78, 5) is 11.6. The van der Waals surface area contributed by atoms with E-state index in [1.54, 1.807) is 19.2 Å². The van der Waals surface area contributed by atoms with Gasteiger partial charge in [0.1, 0.15) is 11.9 Å². The Morgan fingerprint density at radius 3 is 3.00 bits per heavy atom. The maximum absolute atomic E-state index is 11.6. The summed E-state index contributed by atoms with van der Waals surface area (Å²) in [6.07, 6.45) is 4.49. The Balaban J connectivity index is 2.45. The Morgan fingerprint density at radius 1 is 1.50 bits per heavy atom. The minimum Gasteiger partial charge on any atom is -0.496 e. The molecule has 1 atom stereocenters. The molecule has 1 aromatic carbocycles. The fraction of sp³-hybridized carbons (Fsp3) is 0.308. The molecule has 0 saturated carbocycles. The Hall–Kier alpha value is -1.77. The smallest absolute Gasteiger partial charge is 0.339 e. The molecule has 2 rings (SSSR count). The van der Waals surface area contributed by atoms with Crippen LogP contribution in [0.25, 0.3) is 0 Å². The predicted molar refractivity (Wildman–Crippen MR) is 60.6 cm³/mol. The number of carbonyl (C=O) groups is 1. The molecule has 0 fully saturated rings. The van der Waals surface area contributed by atoms with E-state index in [9.17, 15) is 4.79 Å². The molecule has 1 aliphatic rings. The quantitative estimate of drug-likeness (QED) is 0.578. The maximum atomic E-state index is 11.6. The molecular formula is C13H14O3. The fourth-order valence-electron chi connectivity index (χ4n) is 1.83. The Kier molecular flexibility index (Phi) is 2.95. The largest absolute Gasteiger partial charge is 0.496 e. The molecule has 84 valence electrons. The van der Waals surface area contributed by atoms with Gasteiger partial charge in [0.15, 0.2) is 0 Å². The van der Waals surface area contributed by atoms with E-state index in [1.807, 2.05) is 25.1 Å². The molecule has 16 heavy (non-hydrogen) atoms. The van der Waals surface area contributed by atoms with Crippen molar-refractivity contribution in [3.05, 3.63) is 41.5 Å². The number of cyclic esters (lactones) is 1. The van der Waals surface area contributed by atoms with Gasteiger partial charge in [-0.15, -0.1) is 0 Å². The first kappa shape index (κ1) is 10.7. The number of hydrogen-bond donors (Lipinski definition) is 0. The third kappa shape index (κ3) is 1.69. The zero-order valence-corrected chi connectivity index (χ0v) is 9.40. The number of rotatable bonds is 3. The van der Waals surface area contributed by atoms with Crippen LogP contribution in [0.3, 0.4) is 0 Å². The third-order valence-electron chi connectivity index (χ3n) is 2.57. The van der Waals surface area contributed by atoms with Gasteiger partial charge in [0, 0.05) is 0 Å². The highest BCUT2D eigenvalue weighted by molar-refractivity contribution is 5.95. The molecule has 1 aromatic rings. The second-order valence-corrected chi connectivity index (χ2v) is 3.58. The second kappa shape index (κ2) is 4.39. The number of esters is 1. The highest BCUT2D eigenvalue weighted by Gasteiger charge is 2.32. The van der Waals surface area contributed by atoms with Crippen LogP contribution < -0.4 is 4.74 Å². The zero-order valence-electron chi connectivity index (χ0n) is 9.40. The SMILES string of the molecule is CC/C=C/C1OC(=O)c2cccc(OC)c21. The molecule has 0 aliphatic carbocycles. The highest BCUT2D eigenvalue weighted by atomic mass is 16.6. The van der Waals surface area contributed by atoms with E-state index in [-0.39, 0.29) is 12.1 Å². The average Bonchev–Trinajstić information content (AvgIpc) is 2.64. The van der Waals surface area contributed by atoms with Crippen LogP contribution in [0.4, 0.5) is 0 Å². The van der Waals surface area contributed by atoms with Crippen molar-refractivity contribution in [1.82, 2.24) is 0 Å². The highest BCUT2D eigenvalue weighted by Crippen LogP contribution is 2.38. The molecule has 1 unspecified atom stereocenters. The summed E-state index contributed by atoms with van der Waals surface area (Å²) in [5.74, 6) is 0.425.